The smallest absolute Gasteiger partial charge is 0.411 e. The minimum atomic E-state index is -0.662. The number of benzene rings is 1. The second-order valence-electron chi connectivity index (χ2n) is 12.2. The van der Waals surface area contributed by atoms with Gasteiger partial charge in [-0.25, -0.2) is 4.79 Å². The van der Waals surface area contributed by atoms with Gasteiger partial charge in [0.25, 0.3) is 0 Å². The number of carbonyl (C=O) groups excluding carboxylic acids is 2. The number of carbonyl (C=O) groups is 2. The molecule has 38 heavy (non-hydrogen) atoms. The fourth-order valence-electron chi connectivity index (χ4n) is 5.66. The zero-order valence-electron chi connectivity index (χ0n) is 24.6. The van der Waals surface area contributed by atoms with Crippen molar-refractivity contribution in [1.29, 1.82) is 0 Å². The van der Waals surface area contributed by atoms with Crippen LogP contribution in [0.15, 0.2) is 18.2 Å². The lowest BCUT2D eigenvalue weighted by atomic mass is 9.83. The number of hydrogen-bond acceptors (Lipinski definition) is 7. The normalized spacial score (nSPS) is 25.7. The maximum absolute atomic E-state index is 13.8. The third kappa shape index (κ3) is 6.93. The van der Waals surface area contributed by atoms with Crippen LogP contribution in [0.25, 0.3) is 0 Å². The molecule has 0 aliphatic carbocycles. The summed E-state index contributed by atoms with van der Waals surface area (Å²) in [6, 6.07) is 5.33. The molecule has 0 aromatic heterocycles. The Bertz CT molecular complexity index is 954. The number of cyclic esters (lactones) is 1. The Balaban J connectivity index is 2.03. The van der Waals surface area contributed by atoms with Gasteiger partial charge in [-0.1, -0.05) is 33.8 Å². The van der Waals surface area contributed by atoms with E-state index in [2.05, 4.69) is 13.8 Å². The molecule has 2 heterocycles. The van der Waals surface area contributed by atoms with Gasteiger partial charge < -0.3 is 23.7 Å². The molecule has 0 unspecified atom stereocenters. The van der Waals surface area contributed by atoms with Gasteiger partial charge in [0.15, 0.2) is 11.5 Å². The van der Waals surface area contributed by atoms with Crippen LogP contribution in [0.1, 0.15) is 79.3 Å². The molecule has 1 aromatic rings. The molecule has 1 aromatic carbocycles. The maximum atomic E-state index is 13.8. The van der Waals surface area contributed by atoms with Crippen LogP contribution in [0.3, 0.4) is 0 Å². The van der Waals surface area contributed by atoms with Crippen LogP contribution in [-0.2, 0) is 19.0 Å². The predicted molar refractivity (Wildman–Crippen MR) is 145 cm³/mol. The highest BCUT2D eigenvalue weighted by molar-refractivity contribution is 5.75. The molecule has 8 nitrogen and oxygen atoms in total. The van der Waals surface area contributed by atoms with Crippen molar-refractivity contribution < 1.29 is 33.3 Å². The van der Waals surface area contributed by atoms with E-state index >= 15 is 0 Å². The van der Waals surface area contributed by atoms with Crippen LogP contribution in [-0.4, -0.2) is 62.1 Å². The number of rotatable bonds is 10. The van der Waals surface area contributed by atoms with Crippen molar-refractivity contribution >= 4 is 12.1 Å². The Labute approximate surface area is 228 Å². The quantitative estimate of drug-likeness (QED) is 0.269. The van der Waals surface area contributed by atoms with Gasteiger partial charge in [-0.2, -0.15) is 0 Å². The summed E-state index contributed by atoms with van der Waals surface area (Å²) in [6.07, 6.45) is 1.32. The largest absolute Gasteiger partial charge is 0.493 e. The summed E-state index contributed by atoms with van der Waals surface area (Å²) in [4.78, 5) is 28.4. The molecule has 5 atom stereocenters. The fraction of sp³-hybridized carbons (Fsp3) is 0.733. The van der Waals surface area contributed by atoms with Crippen LogP contribution in [0.5, 0.6) is 11.5 Å². The molecule has 0 spiro atoms. The van der Waals surface area contributed by atoms with E-state index in [-0.39, 0.29) is 47.8 Å². The summed E-state index contributed by atoms with van der Waals surface area (Å²) in [7, 11) is 3.28. The van der Waals surface area contributed by atoms with Gasteiger partial charge in [-0.05, 0) is 69.1 Å². The highest BCUT2D eigenvalue weighted by atomic mass is 16.6. The van der Waals surface area contributed by atoms with Gasteiger partial charge in [0.05, 0.1) is 31.7 Å². The number of nitrogens with zero attached hydrogens (tertiary/aromatic N) is 1. The van der Waals surface area contributed by atoms with Crippen LogP contribution < -0.4 is 9.47 Å². The van der Waals surface area contributed by atoms with E-state index in [1.807, 2.05) is 57.7 Å². The second-order valence-corrected chi connectivity index (χ2v) is 12.2. The third-order valence-electron chi connectivity index (χ3n) is 7.61. The first-order chi connectivity index (χ1) is 17.9. The molecule has 214 valence electrons. The number of likely N-dealkylation sites (tertiary alicyclic amines) is 1. The third-order valence-corrected chi connectivity index (χ3v) is 7.61. The highest BCUT2D eigenvalue weighted by Crippen LogP contribution is 2.49. The molecule has 0 bridgehead atoms. The van der Waals surface area contributed by atoms with Gasteiger partial charge >= 0.3 is 12.1 Å². The van der Waals surface area contributed by atoms with Gasteiger partial charge in [0.2, 0.25) is 0 Å². The summed E-state index contributed by atoms with van der Waals surface area (Å²) in [5, 5.41) is 0. The van der Waals surface area contributed by atoms with E-state index in [1.165, 1.54) is 0 Å². The Morgan fingerprint density at radius 2 is 1.76 bits per heavy atom. The average Bonchev–Trinajstić information content (AvgIpc) is 3.42. The summed E-state index contributed by atoms with van der Waals surface area (Å²) in [6.45, 7) is 15.1. The van der Waals surface area contributed by atoms with E-state index in [4.69, 9.17) is 23.7 Å². The van der Waals surface area contributed by atoms with Crippen LogP contribution >= 0.6 is 0 Å². The van der Waals surface area contributed by atoms with Gasteiger partial charge in [0, 0.05) is 20.1 Å². The van der Waals surface area contributed by atoms with Crippen LogP contribution in [0, 0.1) is 23.7 Å². The van der Waals surface area contributed by atoms with Crippen molar-refractivity contribution in [2.24, 2.45) is 23.7 Å². The van der Waals surface area contributed by atoms with Gasteiger partial charge in [-0.3, -0.25) is 9.69 Å². The molecule has 0 saturated carbocycles. The number of ether oxygens (including phenoxy) is 5. The second kappa shape index (κ2) is 12.6. The number of esters is 1. The summed E-state index contributed by atoms with van der Waals surface area (Å²) >= 11 is 0. The Morgan fingerprint density at radius 3 is 2.32 bits per heavy atom. The van der Waals surface area contributed by atoms with Gasteiger partial charge in [-0.15, -0.1) is 0 Å². The lowest BCUT2D eigenvalue weighted by molar-refractivity contribution is -0.147. The molecule has 3 rings (SSSR count). The minimum absolute atomic E-state index is 0.138. The average molecular weight is 534 g/mol. The first kappa shape index (κ1) is 30.1. The summed E-state index contributed by atoms with van der Waals surface area (Å²) in [5.41, 5.74) is 0.286. The predicted octanol–water partition coefficient (Wildman–Crippen LogP) is 6.02. The first-order valence-electron chi connectivity index (χ1n) is 13.9. The van der Waals surface area contributed by atoms with Crippen LogP contribution in [0.2, 0.25) is 0 Å². The van der Waals surface area contributed by atoms with E-state index in [0.717, 1.165) is 18.4 Å². The van der Waals surface area contributed by atoms with E-state index in [0.29, 0.717) is 31.1 Å². The molecule has 0 radical (unpaired) electrons. The van der Waals surface area contributed by atoms with E-state index in [9.17, 15) is 9.59 Å². The summed E-state index contributed by atoms with van der Waals surface area (Å²) < 4.78 is 28.7. The SMILES string of the molecule is COCCCOc1cc([C@@H]2[C@H](C(C)C)C[C@@H]([C@@H]3C[C@@H](C(C)C)C(=O)O3)N2C(=O)OC(C)(C)C)ccc1OC. The molecule has 1 amide bonds. The first-order valence-corrected chi connectivity index (χ1v) is 13.9. The van der Waals surface area contributed by atoms with Crippen molar-refractivity contribution in [3.8, 4) is 11.5 Å². The van der Waals surface area contributed by atoms with E-state index in [1.54, 1.807) is 14.2 Å². The van der Waals surface area contributed by atoms with Crippen molar-refractivity contribution in [2.45, 2.75) is 91.5 Å². The molecule has 8 heteroatoms. The number of methoxy groups -OCH3 is 2. The van der Waals surface area contributed by atoms with Crippen molar-refractivity contribution in [3.05, 3.63) is 23.8 Å². The summed E-state index contributed by atoms with van der Waals surface area (Å²) in [5.74, 6) is 1.53. The zero-order chi connectivity index (χ0) is 28.2. The standard InChI is InChI=1S/C30H47NO7/c1-18(2)21-16-23(25-17-22(19(3)4)28(32)37-25)31(29(33)38-30(5,6)7)27(21)20-11-12-24(35-9)26(15-20)36-14-10-13-34-8/h11-12,15,18-19,21-23,25,27H,10,13-14,16-17H2,1-9H3/t21-,22-,23-,25-,27+/m0/s1. The topological polar surface area (TPSA) is 83.5 Å². The minimum Gasteiger partial charge on any atom is -0.493 e. The Hall–Kier alpha value is -2.48. The molecule has 2 aliphatic rings. The number of amides is 1. The lowest BCUT2D eigenvalue weighted by Crippen LogP contribution is -2.46. The number of hydrogen-bond donors (Lipinski definition) is 0. The van der Waals surface area contributed by atoms with Crippen molar-refractivity contribution in [1.82, 2.24) is 4.90 Å². The van der Waals surface area contributed by atoms with E-state index < -0.39 is 11.7 Å². The van der Waals surface area contributed by atoms with Crippen molar-refractivity contribution in [2.75, 3.05) is 27.4 Å². The monoisotopic (exact) mass is 533 g/mol. The highest BCUT2D eigenvalue weighted by Gasteiger charge is 2.53. The van der Waals surface area contributed by atoms with Crippen LogP contribution in [0.4, 0.5) is 4.79 Å². The Morgan fingerprint density at radius 1 is 1.05 bits per heavy atom. The molecule has 2 aliphatic heterocycles. The molecule has 0 N–H and O–H groups in total. The fourth-order valence-corrected chi connectivity index (χ4v) is 5.66. The molecular formula is C30H47NO7. The molecular weight excluding hydrogens is 486 g/mol. The lowest BCUT2D eigenvalue weighted by Gasteiger charge is -2.36. The maximum Gasteiger partial charge on any atom is 0.411 e. The van der Waals surface area contributed by atoms with Gasteiger partial charge in [0.1, 0.15) is 11.7 Å². The molecule has 2 fully saturated rings. The zero-order valence-corrected chi connectivity index (χ0v) is 24.6. The van der Waals surface area contributed by atoms with Crippen molar-refractivity contribution in [3.63, 3.8) is 0 Å². The Kier molecular flexibility index (Phi) is 9.96. The molecule has 2 saturated heterocycles.